The summed E-state index contributed by atoms with van der Waals surface area (Å²) in [6, 6.07) is 23.1. The summed E-state index contributed by atoms with van der Waals surface area (Å²) in [6.07, 6.45) is 2.19. The highest BCUT2D eigenvalue weighted by atomic mass is 16.5. The predicted molar refractivity (Wildman–Crippen MR) is 111 cm³/mol. The van der Waals surface area contributed by atoms with Crippen LogP contribution in [0.3, 0.4) is 0 Å². The van der Waals surface area contributed by atoms with Gasteiger partial charge >= 0.3 is 0 Å². The number of benzene rings is 3. The van der Waals surface area contributed by atoms with Crippen LogP contribution < -0.4 is 10.1 Å². The van der Waals surface area contributed by atoms with Crippen molar-refractivity contribution < 1.29 is 9.53 Å². The van der Waals surface area contributed by atoms with Crippen LogP contribution in [-0.4, -0.2) is 15.7 Å². The van der Waals surface area contributed by atoms with Gasteiger partial charge in [0.2, 0.25) is 5.91 Å². The second kappa shape index (κ2) is 7.96. The molecule has 5 nitrogen and oxygen atoms in total. The molecule has 0 saturated heterocycles. The Hall–Kier alpha value is -3.60. The lowest BCUT2D eigenvalue weighted by molar-refractivity contribution is -0.116. The molecule has 1 heterocycles. The number of anilines is 1. The molecule has 0 saturated carbocycles. The molecule has 140 valence electrons. The van der Waals surface area contributed by atoms with E-state index in [1.807, 2.05) is 71.5 Å². The molecule has 3 aromatic carbocycles. The number of carbonyl (C=O) groups is 1. The summed E-state index contributed by atoms with van der Waals surface area (Å²) in [4.78, 5) is 12.3. The van der Waals surface area contributed by atoms with Gasteiger partial charge in [-0.25, -0.2) is 0 Å². The fraction of sp³-hybridized carbons (Fsp3) is 0.130. The van der Waals surface area contributed by atoms with Crippen molar-refractivity contribution in [3.63, 3.8) is 0 Å². The minimum Gasteiger partial charge on any atom is -0.457 e. The molecule has 0 spiro atoms. The van der Waals surface area contributed by atoms with Gasteiger partial charge in [0, 0.05) is 17.5 Å². The number of carbonyl (C=O) groups excluding carboxylic acids is 1. The number of ether oxygens (including phenoxy) is 1. The first-order chi connectivity index (χ1) is 13.7. The fourth-order valence-electron chi connectivity index (χ4n) is 3.02. The quantitative estimate of drug-likeness (QED) is 0.509. The van der Waals surface area contributed by atoms with Crippen LogP contribution in [0, 0.1) is 6.92 Å². The Kier molecular flexibility index (Phi) is 5.06. The van der Waals surface area contributed by atoms with Crippen molar-refractivity contribution in [3.8, 4) is 11.5 Å². The summed E-state index contributed by atoms with van der Waals surface area (Å²) < 4.78 is 7.63. The Morgan fingerprint density at radius 3 is 2.54 bits per heavy atom. The monoisotopic (exact) mass is 371 g/mol. The van der Waals surface area contributed by atoms with Crippen LogP contribution in [0.1, 0.15) is 12.0 Å². The zero-order valence-electron chi connectivity index (χ0n) is 15.6. The third-order valence-electron chi connectivity index (χ3n) is 4.47. The van der Waals surface area contributed by atoms with Crippen LogP contribution in [0.25, 0.3) is 10.9 Å². The summed E-state index contributed by atoms with van der Waals surface area (Å²) in [5.41, 5.74) is 2.97. The molecule has 1 aromatic heterocycles. The number of nitrogens with zero attached hydrogens (tertiary/aromatic N) is 2. The molecule has 4 aromatic rings. The fourth-order valence-corrected chi connectivity index (χ4v) is 3.02. The topological polar surface area (TPSA) is 56.2 Å². The van der Waals surface area contributed by atoms with Gasteiger partial charge in [0.25, 0.3) is 0 Å². The van der Waals surface area contributed by atoms with E-state index < -0.39 is 0 Å². The van der Waals surface area contributed by atoms with Crippen molar-refractivity contribution in [3.05, 3.63) is 84.6 Å². The Bertz CT molecular complexity index is 1090. The van der Waals surface area contributed by atoms with Crippen LogP contribution in [0.2, 0.25) is 0 Å². The highest BCUT2D eigenvalue weighted by Gasteiger charge is 2.07. The molecular formula is C23H21N3O2. The van der Waals surface area contributed by atoms with E-state index in [9.17, 15) is 4.79 Å². The molecule has 0 aliphatic heterocycles. The number of fused-ring (bicyclic) bond motifs is 1. The lowest BCUT2D eigenvalue weighted by Gasteiger charge is -2.08. The van der Waals surface area contributed by atoms with Crippen LogP contribution in [0.5, 0.6) is 11.5 Å². The third kappa shape index (κ3) is 4.20. The molecule has 0 radical (unpaired) electrons. The zero-order valence-corrected chi connectivity index (χ0v) is 15.6. The molecule has 5 heteroatoms. The normalized spacial score (nSPS) is 10.8. The Labute approximate surface area is 163 Å². The highest BCUT2D eigenvalue weighted by Crippen LogP contribution is 2.22. The minimum atomic E-state index is -0.0481. The Morgan fingerprint density at radius 2 is 1.75 bits per heavy atom. The van der Waals surface area contributed by atoms with Gasteiger partial charge in [-0.05, 0) is 55.0 Å². The summed E-state index contributed by atoms with van der Waals surface area (Å²) in [5, 5.41) is 8.39. The van der Waals surface area contributed by atoms with Gasteiger partial charge in [0.15, 0.2) is 0 Å². The van der Waals surface area contributed by atoms with E-state index in [1.54, 1.807) is 0 Å². The Balaban J connectivity index is 1.34. The van der Waals surface area contributed by atoms with Gasteiger partial charge < -0.3 is 10.1 Å². The maximum absolute atomic E-state index is 12.3. The predicted octanol–water partition coefficient (Wildman–Crippen LogP) is 5.17. The van der Waals surface area contributed by atoms with E-state index in [0.717, 1.165) is 28.1 Å². The average Bonchev–Trinajstić information content (AvgIpc) is 3.11. The number of hydrogen-bond acceptors (Lipinski definition) is 3. The lowest BCUT2D eigenvalue weighted by Crippen LogP contribution is -2.14. The largest absolute Gasteiger partial charge is 0.457 e. The van der Waals surface area contributed by atoms with Crippen molar-refractivity contribution in [1.29, 1.82) is 0 Å². The number of rotatable bonds is 6. The van der Waals surface area contributed by atoms with E-state index in [2.05, 4.69) is 29.5 Å². The first-order valence-electron chi connectivity index (χ1n) is 9.22. The Morgan fingerprint density at radius 1 is 1.00 bits per heavy atom. The molecule has 0 unspecified atom stereocenters. The number of aryl methyl sites for hydroxylation is 2. The summed E-state index contributed by atoms with van der Waals surface area (Å²) >= 11 is 0. The van der Waals surface area contributed by atoms with E-state index in [-0.39, 0.29) is 5.91 Å². The zero-order chi connectivity index (χ0) is 19.3. The molecule has 0 fully saturated rings. The molecule has 0 aliphatic carbocycles. The first-order valence-corrected chi connectivity index (χ1v) is 9.22. The number of para-hydroxylation sites is 1. The summed E-state index contributed by atoms with van der Waals surface area (Å²) in [5.74, 6) is 1.46. The number of nitrogens with one attached hydrogen (secondary N) is 1. The maximum atomic E-state index is 12.3. The smallest absolute Gasteiger partial charge is 0.226 e. The van der Waals surface area contributed by atoms with Crippen molar-refractivity contribution in [2.75, 3.05) is 5.32 Å². The van der Waals surface area contributed by atoms with Crippen LogP contribution >= 0.6 is 0 Å². The molecule has 28 heavy (non-hydrogen) atoms. The summed E-state index contributed by atoms with van der Waals surface area (Å²) in [7, 11) is 0. The van der Waals surface area contributed by atoms with Gasteiger partial charge in [0.05, 0.1) is 18.3 Å². The molecule has 1 amide bonds. The molecule has 0 aliphatic rings. The van der Waals surface area contributed by atoms with E-state index in [0.29, 0.717) is 13.0 Å². The minimum absolute atomic E-state index is 0.0481. The lowest BCUT2D eigenvalue weighted by atomic mass is 10.2. The molecule has 1 N–H and O–H groups in total. The molecular weight excluding hydrogens is 350 g/mol. The maximum Gasteiger partial charge on any atom is 0.226 e. The molecule has 4 rings (SSSR count). The van der Waals surface area contributed by atoms with Crippen LogP contribution in [0.4, 0.5) is 5.69 Å². The van der Waals surface area contributed by atoms with Crippen molar-refractivity contribution in [2.24, 2.45) is 0 Å². The van der Waals surface area contributed by atoms with Crippen molar-refractivity contribution in [2.45, 2.75) is 19.9 Å². The first kappa shape index (κ1) is 17.8. The number of aromatic nitrogens is 2. The van der Waals surface area contributed by atoms with Crippen LogP contribution in [-0.2, 0) is 11.3 Å². The third-order valence-corrected chi connectivity index (χ3v) is 4.47. The van der Waals surface area contributed by atoms with Gasteiger partial charge in [-0.15, -0.1) is 0 Å². The van der Waals surface area contributed by atoms with E-state index >= 15 is 0 Å². The SMILES string of the molecule is Cc1ccc2cnn(CCC(=O)Nc3ccc(Oc4ccccc4)cc3)c2c1. The van der Waals surface area contributed by atoms with E-state index in [1.165, 1.54) is 5.56 Å². The molecule has 0 atom stereocenters. The highest BCUT2D eigenvalue weighted by molar-refractivity contribution is 5.90. The second-order valence-corrected chi connectivity index (χ2v) is 6.67. The standard InChI is InChI=1S/C23H21N3O2/c1-17-7-8-18-16-24-26(22(18)15-17)14-13-23(27)25-19-9-11-21(12-10-19)28-20-5-3-2-4-6-20/h2-12,15-16H,13-14H2,1H3,(H,25,27). The number of amides is 1. The molecule has 0 bridgehead atoms. The number of hydrogen-bond donors (Lipinski definition) is 1. The van der Waals surface area contributed by atoms with Gasteiger partial charge in [-0.3, -0.25) is 9.48 Å². The summed E-state index contributed by atoms with van der Waals surface area (Å²) in [6.45, 7) is 2.59. The van der Waals surface area contributed by atoms with E-state index in [4.69, 9.17) is 4.74 Å². The van der Waals surface area contributed by atoms with Crippen molar-refractivity contribution in [1.82, 2.24) is 9.78 Å². The van der Waals surface area contributed by atoms with Gasteiger partial charge in [-0.1, -0.05) is 30.3 Å². The van der Waals surface area contributed by atoms with Crippen LogP contribution in [0.15, 0.2) is 79.0 Å². The van der Waals surface area contributed by atoms with Gasteiger partial charge in [0.1, 0.15) is 11.5 Å². The van der Waals surface area contributed by atoms with Crippen molar-refractivity contribution >= 4 is 22.5 Å². The van der Waals surface area contributed by atoms with Gasteiger partial charge in [-0.2, -0.15) is 5.10 Å². The average molecular weight is 371 g/mol. The second-order valence-electron chi connectivity index (χ2n) is 6.67.